The maximum absolute atomic E-state index is 13.0. The second-order valence-corrected chi connectivity index (χ2v) is 8.94. The van der Waals surface area contributed by atoms with Gasteiger partial charge in [-0.05, 0) is 40.3 Å². The van der Waals surface area contributed by atoms with E-state index in [-0.39, 0.29) is 11.8 Å². The maximum atomic E-state index is 13.0. The maximum Gasteiger partial charge on any atom is 0.233 e. The molecule has 2 aromatic rings. The molecule has 0 aliphatic carbocycles. The molecular weight excluding hydrogens is 376 g/mol. The summed E-state index contributed by atoms with van der Waals surface area (Å²) in [4.78, 5) is 19.4. The number of hydrogen-bond donors (Lipinski definition) is 0. The van der Waals surface area contributed by atoms with Crippen LogP contribution in [0.1, 0.15) is 45.6 Å². The van der Waals surface area contributed by atoms with Crippen LogP contribution in [0.15, 0.2) is 34.9 Å². The molecule has 0 radical (unpaired) electrons. The second-order valence-electron chi connectivity index (χ2n) is 8.94. The van der Waals surface area contributed by atoms with Crippen molar-refractivity contribution >= 4 is 11.8 Å². The summed E-state index contributed by atoms with van der Waals surface area (Å²) >= 11 is 0. The van der Waals surface area contributed by atoms with Gasteiger partial charge in [-0.2, -0.15) is 0 Å². The van der Waals surface area contributed by atoms with Crippen molar-refractivity contribution in [1.29, 1.82) is 0 Å². The number of carbonyl (C=O) groups excluding carboxylic acids is 1. The Labute approximate surface area is 180 Å². The first-order chi connectivity index (χ1) is 14.4. The number of piperidine rings is 1. The minimum atomic E-state index is -0.0513. The molecule has 0 spiro atoms. The monoisotopic (exact) mass is 412 g/mol. The molecule has 6 nitrogen and oxygen atoms in total. The van der Waals surface area contributed by atoms with Crippen molar-refractivity contribution in [3.8, 4) is 11.3 Å². The molecule has 6 heteroatoms. The molecule has 0 bridgehead atoms. The Morgan fingerprint density at radius 2 is 1.93 bits per heavy atom. The van der Waals surface area contributed by atoms with Crippen LogP contribution in [0.5, 0.6) is 0 Å². The Hall–Kier alpha value is -2.34. The number of rotatable bonds is 8. The van der Waals surface area contributed by atoms with Crippen molar-refractivity contribution in [3.05, 3.63) is 35.9 Å². The molecule has 1 aromatic carbocycles. The quantitative estimate of drug-likeness (QED) is 0.648. The molecule has 164 valence electrons. The van der Waals surface area contributed by atoms with E-state index in [4.69, 9.17) is 4.52 Å². The second kappa shape index (κ2) is 10.1. The molecule has 2 heterocycles. The molecule has 1 aliphatic rings. The highest BCUT2D eigenvalue weighted by atomic mass is 16.5. The largest absolute Gasteiger partial charge is 0.338 e. The number of hydrogen-bond acceptors (Lipinski definition) is 5. The smallest absolute Gasteiger partial charge is 0.233 e. The van der Waals surface area contributed by atoms with Crippen LogP contribution in [-0.2, 0) is 11.3 Å². The first kappa shape index (κ1) is 22.3. The Balaban J connectivity index is 2.00. The van der Waals surface area contributed by atoms with Crippen molar-refractivity contribution < 1.29 is 9.32 Å². The van der Waals surface area contributed by atoms with E-state index < -0.39 is 0 Å². The first-order valence-corrected chi connectivity index (χ1v) is 11.1. The third kappa shape index (κ3) is 5.22. The summed E-state index contributed by atoms with van der Waals surface area (Å²) < 4.78 is 5.95. The lowest BCUT2D eigenvalue weighted by molar-refractivity contribution is -0.135. The van der Waals surface area contributed by atoms with Crippen LogP contribution in [0.2, 0.25) is 0 Å². The lowest BCUT2D eigenvalue weighted by atomic mass is 10.0. The minimum absolute atomic E-state index is 0.0513. The summed E-state index contributed by atoms with van der Waals surface area (Å²) in [6.07, 6.45) is 3.55. The molecule has 1 atom stereocenters. The third-order valence-corrected chi connectivity index (χ3v) is 5.85. The summed E-state index contributed by atoms with van der Waals surface area (Å²) in [5.74, 6) is 0.937. The lowest BCUT2D eigenvalue weighted by Crippen LogP contribution is -2.40. The zero-order valence-corrected chi connectivity index (χ0v) is 19.1. The van der Waals surface area contributed by atoms with Gasteiger partial charge in [-0.3, -0.25) is 4.79 Å². The van der Waals surface area contributed by atoms with Gasteiger partial charge in [0.1, 0.15) is 5.69 Å². The Bertz CT molecular complexity index is 816. The fraction of sp³-hybridized carbons (Fsp3) is 0.583. The van der Waals surface area contributed by atoms with Crippen molar-refractivity contribution in [2.45, 2.75) is 52.6 Å². The number of carbonyl (C=O) groups is 1. The molecule has 30 heavy (non-hydrogen) atoms. The number of amides is 1. The average Bonchev–Trinajstić information content (AvgIpc) is 3.14. The van der Waals surface area contributed by atoms with Crippen LogP contribution in [0.25, 0.3) is 11.3 Å². The van der Waals surface area contributed by atoms with Crippen molar-refractivity contribution in [2.75, 3.05) is 38.6 Å². The minimum Gasteiger partial charge on any atom is -0.338 e. The Kier molecular flexibility index (Phi) is 7.53. The average molecular weight is 413 g/mol. The van der Waals surface area contributed by atoms with E-state index in [1.165, 1.54) is 6.42 Å². The van der Waals surface area contributed by atoms with Gasteiger partial charge in [0.15, 0.2) is 0 Å². The van der Waals surface area contributed by atoms with Gasteiger partial charge in [0.2, 0.25) is 11.8 Å². The van der Waals surface area contributed by atoms with E-state index in [1.807, 2.05) is 51.0 Å². The number of anilines is 1. The third-order valence-electron chi connectivity index (χ3n) is 5.85. The molecule has 0 saturated carbocycles. The molecule has 1 aliphatic heterocycles. The van der Waals surface area contributed by atoms with Crippen LogP contribution in [0, 0.1) is 5.92 Å². The van der Waals surface area contributed by atoms with Gasteiger partial charge in [-0.15, -0.1) is 0 Å². The van der Waals surface area contributed by atoms with Gasteiger partial charge in [0.25, 0.3) is 0 Å². The van der Waals surface area contributed by atoms with Gasteiger partial charge in [-0.1, -0.05) is 49.3 Å². The highest BCUT2D eigenvalue weighted by Gasteiger charge is 2.30. The highest BCUT2D eigenvalue weighted by molar-refractivity contribution is 5.79. The Morgan fingerprint density at radius 3 is 2.57 bits per heavy atom. The molecule has 3 rings (SSSR count). The first-order valence-electron chi connectivity index (χ1n) is 11.1. The zero-order valence-electron chi connectivity index (χ0n) is 19.1. The van der Waals surface area contributed by atoms with Crippen LogP contribution >= 0.6 is 0 Å². The van der Waals surface area contributed by atoms with Gasteiger partial charge in [0.05, 0.1) is 12.1 Å². The number of benzene rings is 1. The summed E-state index contributed by atoms with van der Waals surface area (Å²) in [5.41, 5.74) is 2.88. The molecule has 1 aromatic heterocycles. The number of aromatic nitrogens is 1. The van der Waals surface area contributed by atoms with E-state index >= 15 is 0 Å². The van der Waals surface area contributed by atoms with Gasteiger partial charge < -0.3 is 19.2 Å². The highest BCUT2D eigenvalue weighted by Crippen LogP contribution is 2.35. The Morgan fingerprint density at radius 1 is 1.20 bits per heavy atom. The summed E-state index contributed by atoms with van der Waals surface area (Å²) in [6.45, 7) is 9.15. The van der Waals surface area contributed by atoms with Gasteiger partial charge >= 0.3 is 0 Å². The SMILES string of the molecule is CC(C)C(=O)N(CCN(C)C)Cc1c(-c2ccccc2)noc1N1CCCC[C@H]1C. The van der Waals surface area contributed by atoms with Crippen LogP contribution < -0.4 is 4.90 Å². The van der Waals surface area contributed by atoms with Gasteiger partial charge in [0, 0.05) is 37.2 Å². The fourth-order valence-electron chi connectivity index (χ4n) is 4.04. The standard InChI is InChI=1S/C24H36N4O2/c1-18(2)23(29)27(16-15-26(4)5)17-21-22(20-12-7-6-8-13-20)25-30-24(21)28-14-10-9-11-19(28)3/h6-8,12-13,18-19H,9-11,14-17H2,1-5H3/t19-/m1/s1. The summed E-state index contributed by atoms with van der Waals surface area (Å²) in [5, 5.41) is 4.48. The molecule has 0 unspecified atom stereocenters. The van der Waals surface area contributed by atoms with E-state index in [1.54, 1.807) is 0 Å². The van der Waals surface area contributed by atoms with Crippen molar-refractivity contribution in [3.63, 3.8) is 0 Å². The molecule has 1 amide bonds. The van der Waals surface area contributed by atoms with Gasteiger partial charge in [-0.25, -0.2) is 0 Å². The number of nitrogens with zero attached hydrogens (tertiary/aromatic N) is 4. The van der Waals surface area contributed by atoms with E-state index in [0.717, 1.165) is 48.6 Å². The predicted molar refractivity (Wildman–Crippen MR) is 121 cm³/mol. The lowest BCUT2D eigenvalue weighted by Gasteiger charge is -2.34. The molecular formula is C24H36N4O2. The van der Waals surface area contributed by atoms with Crippen LogP contribution in [0.3, 0.4) is 0 Å². The van der Waals surface area contributed by atoms with E-state index in [2.05, 4.69) is 34.0 Å². The topological polar surface area (TPSA) is 52.8 Å². The normalized spacial score (nSPS) is 17.0. The molecule has 0 N–H and O–H groups in total. The molecule has 1 fully saturated rings. The zero-order chi connectivity index (χ0) is 21.7. The van der Waals surface area contributed by atoms with Crippen molar-refractivity contribution in [1.82, 2.24) is 15.0 Å². The van der Waals surface area contributed by atoms with E-state index in [0.29, 0.717) is 19.1 Å². The van der Waals surface area contributed by atoms with E-state index in [9.17, 15) is 4.79 Å². The summed E-state index contributed by atoms with van der Waals surface area (Å²) in [6, 6.07) is 10.5. The molecule has 1 saturated heterocycles. The van der Waals surface area contributed by atoms with Crippen LogP contribution in [0.4, 0.5) is 5.88 Å². The fourth-order valence-corrected chi connectivity index (χ4v) is 4.04. The van der Waals surface area contributed by atoms with Crippen molar-refractivity contribution in [2.24, 2.45) is 5.92 Å². The predicted octanol–water partition coefficient (Wildman–Crippen LogP) is 4.27. The summed E-state index contributed by atoms with van der Waals surface area (Å²) in [7, 11) is 4.07. The number of likely N-dealkylation sites (N-methyl/N-ethyl adjacent to an activating group) is 1. The van der Waals surface area contributed by atoms with Crippen LogP contribution in [-0.4, -0.2) is 60.6 Å².